The molecule has 63 heavy (non-hydrogen) atoms. The molecule has 0 radical (unpaired) electrons. The minimum Gasteiger partial charge on any atom is -0.469 e. The van der Waals surface area contributed by atoms with Gasteiger partial charge in [0.25, 0.3) is 0 Å². The maximum absolute atomic E-state index is 14.1. The Labute approximate surface area is 364 Å². The SMILES string of the molecule is COC(=O)CCC1=C(CC(=O)OC)C(Cc2[nH]cc(CCC(=O)OC)c2CC(=O)OC)(Cc2[nH]c(C(=O)OCc3ccccc3)c(CC(=O)OC)c2CCC(=O)OC)N(C(C)=O)C1. The molecule has 0 aliphatic carbocycles. The van der Waals surface area contributed by atoms with Crippen molar-refractivity contribution >= 4 is 47.7 Å². The third kappa shape index (κ3) is 12.4. The largest absolute Gasteiger partial charge is 0.469 e. The Morgan fingerprint density at radius 2 is 1.14 bits per heavy atom. The molecule has 1 unspecified atom stereocenters. The van der Waals surface area contributed by atoms with Gasteiger partial charge in [0.15, 0.2) is 0 Å². The van der Waals surface area contributed by atoms with E-state index >= 15 is 0 Å². The highest BCUT2D eigenvalue weighted by Crippen LogP contribution is 2.45. The highest BCUT2D eigenvalue weighted by Gasteiger charge is 2.50. The Kier molecular flexibility index (Phi) is 17.8. The van der Waals surface area contributed by atoms with Crippen molar-refractivity contribution in [3.63, 3.8) is 0 Å². The molecule has 1 aromatic carbocycles. The second-order valence-electron chi connectivity index (χ2n) is 14.8. The normalized spacial score (nSPS) is 14.5. The number of carbonyl (C=O) groups is 8. The number of ether oxygens (including phenoxy) is 7. The van der Waals surface area contributed by atoms with Crippen molar-refractivity contribution in [3.8, 4) is 0 Å². The second-order valence-corrected chi connectivity index (χ2v) is 14.8. The molecule has 18 heteroatoms. The number of aromatic amines is 2. The van der Waals surface area contributed by atoms with Crippen LogP contribution < -0.4 is 0 Å². The first-order chi connectivity index (χ1) is 30.1. The molecule has 0 saturated heterocycles. The van der Waals surface area contributed by atoms with Crippen LogP contribution >= 0.6 is 0 Å². The molecule has 1 aliphatic rings. The smallest absolute Gasteiger partial charge is 0.355 e. The van der Waals surface area contributed by atoms with Crippen molar-refractivity contribution in [2.45, 2.75) is 89.7 Å². The minimum absolute atomic E-state index is 0.0179. The number of nitrogens with one attached hydrogen (secondary N) is 2. The number of carbonyl (C=O) groups excluding carboxylic acids is 8. The number of aryl methyl sites for hydroxylation is 1. The van der Waals surface area contributed by atoms with E-state index in [0.29, 0.717) is 44.8 Å². The molecular formula is C45H55N3O15. The summed E-state index contributed by atoms with van der Waals surface area (Å²) in [5, 5.41) is 0. The summed E-state index contributed by atoms with van der Waals surface area (Å²) in [5.74, 6) is -4.82. The quantitative estimate of drug-likeness (QED) is 0.0835. The zero-order valence-corrected chi connectivity index (χ0v) is 36.7. The second kappa shape index (κ2) is 22.9. The van der Waals surface area contributed by atoms with E-state index in [-0.39, 0.29) is 88.6 Å². The molecule has 4 rings (SSSR count). The monoisotopic (exact) mass is 877 g/mol. The van der Waals surface area contributed by atoms with E-state index in [1.807, 2.05) is 6.07 Å². The molecule has 1 amide bonds. The summed E-state index contributed by atoms with van der Waals surface area (Å²) in [4.78, 5) is 113. The fourth-order valence-electron chi connectivity index (χ4n) is 7.98. The van der Waals surface area contributed by atoms with E-state index < -0.39 is 59.7 Å². The van der Waals surface area contributed by atoms with Gasteiger partial charge in [0, 0.05) is 63.2 Å². The number of benzene rings is 1. The first-order valence-corrected chi connectivity index (χ1v) is 20.2. The van der Waals surface area contributed by atoms with Gasteiger partial charge in [-0.25, -0.2) is 4.79 Å². The van der Waals surface area contributed by atoms with Crippen LogP contribution in [-0.2, 0) is 112 Å². The molecule has 3 heterocycles. The Hall–Kier alpha value is -6.72. The summed E-state index contributed by atoms with van der Waals surface area (Å²) in [7, 11) is 7.37. The molecule has 2 N–H and O–H groups in total. The molecule has 3 aromatic rings. The predicted molar refractivity (Wildman–Crippen MR) is 222 cm³/mol. The average molecular weight is 878 g/mol. The van der Waals surface area contributed by atoms with Crippen LogP contribution in [0.3, 0.4) is 0 Å². The van der Waals surface area contributed by atoms with Gasteiger partial charge in [-0.15, -0.1) is 0 Å². The minimum atomic E-state index is -1.53. The molecule has 0 bridgehead atoms. The Bertz CT molecular complexity index is 2200. The predicted octanol–water partition coefficient (Wildman–Crippen LogP) is 3.54. The van der Waals surface area contributed by atoms with Gasteiger partial charge in [-0.3, -0.25) is 33.6 Å². The molecule has 0 fully saturated rings. The maximum atomic E-state index is 14.1. The number of nitrogens with zero attached hydrogens (tertiary/aromatic N) is 1. The number of hydrogen-bond acceptors (Lipinski definition) is 15. The molecular weight excluding hydrogens is 823 g/mol. The van der Waals surface area contributed by atoms with Crippen molar-refractivity contribution in [3.05, 3.63) is 92.6 Å². The molecule has 0 spiro atoms. The van der Waals surface area contributed by atoms with E-state index in [1.54, 1.807) is 35.4 Å². The van der Waals surface area contributed by atoms with Crippen molar-refractivity contribution in [1.82, 2.24) is 14.9 Å². The molecule has 2 aromatic heterocycles. The lowest BCUT2D eigenvalue weighted by Gasteiger charge is -2.41. The molecule has 1 atom stereocenters. The Morgan fingerprint density at radius 3 is 1.71 bits per heavy atom. The number of H-pyrrole nitrogens is 2. The third-order valence-electron chi connectivity index (χ3n) is 11.2. The maximum Gasteiger partial charge on any atom is 0.355 e. The Balaban J connectivity index is 2.07. The van der Waals surface area contributed by atoms with Crippen molar-refractivity contribution in [1.29, 1.82) is 0 Å². The molecule has 0 saturated carbocycles. The van der Waals surface area contributed by atoms with Crippen LogP contribution in [0.4, 0.5) is 0 Å². The summed E-state index contributed by atoms with van der Waals surface area (Å²) in [6.45, 7) is 1.19. The van der Waals surface area contributed by atoms with Gasteiger partial charge < -0.3 is 48.0 Å². The van der Waals surface area contributed by atoms with Crippen molar-refractivity contribution in [2.75, 3.05) is 49.2 Å². The topological polar surface area (TPSA) is 236 Å². The Morgan fingerprint density at radius 1 is 0.619 bits per heavy atom. The van der Waals surface area contributed by atoms with Gasteiger partial charge in [0.05, 0.1) is 67.5 Å². The summed E-state index contributed by atoms with van der Waals surface area (Å²) < 4.78 is 35.8. The van der Waals surface area contributed by atoms with Crippen LogP contribution in [0.1, 0.15) is 88.7 Å². The molecule has 18 nitrogen and oxygen atoms in total. The van der Waals surface area contributed by atoms with E-state index in [2.05, 4.69) is 9.97 Å². The zero-order valence-electron chi connectivity index (χ0n) is 36.7. The number of aromatic nitrogens is 2. The van der Waals surface area contributed by atoms with E-state index in [0.717, 1.165) is 0 Å². The van der Waals surface area contributed by atoms with Crippen LogP contribution in [0, 0.1) is 0 Å². The third-order valence-corrected chi connectivity index (χ3v) is 11.2. The lowest BCUT2D eigenvalue weighted by molar-refractivity contribution is -0.141. The molecule has 1 aliphatic heterocycles. The van der Waals surface area contributed by atoms with Crippen LogP contribution in [0.5, 0.6) is 0 Å². The fourth-order valence-corrected chi connectivity index (χ4v) is 7.98. The zero-order chi connectivity index (χ0) is 46.3. The van der Waals surface area contributed by atoms with Gasteiger partial charge in [-0.05, 0) is 58.2 Å². The highest BCUT2D eigenvalue weighted by atomic mass is 16.5. The van der Waals surface area contributed by atoms with Gasteiger partial charge in [-0.1, -0.05) is 30.3 Å². The number of amides is 1. The number of rotatable bonds is 22. The van der Waals surface area contributed by atoms with Gasteiger partial charge in [-0.2, -0.15) is 0 Å². The lowest BCUT2D eigenvalue weighted by atomic mass is 9.76. The first kappa shape index (κ1) is 48.9. The van der Waals surface area contributed by atoms with Gasteiger partial charge >= 0.3 is 41.8 Å². The molecule has 340 valence electrons. The number of esters is 7. The summed E-state index contributed by atoms with van der Waals surface area (Å²) >= 11 is 0. The highest BCUT2D eigenvalue weighted by molar-refractivity contribution is 5.92. The van der Waals surface area contributed by atoms with Gasteiger partial charge in [0.1, 0.15) is 12.3 Å². The average Bonchev–Trinajstić information content (AvgIpc) is 3.92. The fraction of sp³-hybridized carbons (Fsp3) is 0.467. The van der Waals surface area contributed by atoms with Gasteiger partial charge in [0.2, 0.25) is 5.91 Å². The van der Waals surface area contributed by atoms with Crippen LogP contribution in [0.15, 0.2) is 47.7 Å². The first-order valence-electron chi connectivity index (χ1n) is 20.2. The summed E-state index contributed by atoms with van der Waals surface area (Å²) in [5.41, 5.74) is 2.40. The van der Waals surface area contributed by atoms with E-state index in [1.165, 1.54) is 49.6 Å². The number of hydrogen-bond donors (Lipinski definition) is 2. The summed E-state index contributed by atoms with van der Waals surface area (Å²) in [6, 6.07) is 8.92. The van der Waals surface area contributed by atoms with Crippen molar-refractivity contribution < 1.29 is 71.5 Å². The standard InChI is InChI=1S/C45H55N3O15/c1-27(49)48-25-30(14-17-38(51)58-3)34(21-42(55)62-7)45(48,22-35-32(19-40(53)60-5)29(24-46-35)13-16-37(50)57-2)23-36-31(15-18-39(52)59-4)33(20-41(54)61-6)43(47-36)44(56)63-26-28-11-9-8-10-12-28/h8-12,24,46-47H,13-23,25-26H2,1-7H3. The lowest BCUT2D eigenvalue weighted by Crippen LogP contribution is -2.53. The number of methoxy groups -OCH3 is 6. The van der Waals surface area contributed by atoms with E-state index in [9.17, 15) is 38.4 Å². The van der Waals surface area contributed by atoms with Crippen molar-refractivity contribution in [2.24, 2.45) is 0 Å². The van der Waals surface area contributed by atoms with Crippen LogP contribution in [-0.4, -0.2) is 117 Å². The summed E-state index contributed by atoms with van der Waals surface area (Å²) in [6.07, 6.45) is 0.280. The van der Waals surface area contributed by atoms with Crippen LogP contribution in [0.2, 0.25) is 0 Å². The van der Waals surface area contributed by atoms with E-state index in [4.69, 9.17) is 33.2 Å². The van der Waals surface area contributed by atoms with Crippen LogP contribution in [0.25, 0.3) is 0 Å².